The molecule has 20 heavy (non-hydrogen) atoms. The first-order valence-electron chi connectivity index (χ1n) is 6.34. The predicted molar refractivity (Wildman–Crippen MR) is 70.8 cm³/mol. The van der Waals surface area contributed by atoms with Crippen molar-refractivity contribution in [3.05, 3.63) is 39.7 Å². The van der Waals surface area contributed by atoms with Crippen molar-refractivity contribution in [1.82, 2.24) is 5.32 Å². The number of rotatable bonds is 8. The Morgan fingerprint density at radius 1 is 1.55 bits per heavy atom. The number of hydrogen-bond acceptors (Lipinski definition) is 4. The molecular formula is C13H17FN2O4. The quantitative estimate of drug-likeness (QED) is 0.565. The van der Waals surface area contributed by atoms with E-state index in [-0.39, 0.29) is 17.8 Å². The van der Waals surface area contributed by atoms with E-state index >= 15 is 0 Å². The number of carboxylic acid groups (broad SMARTS) is 1. The van der Waals surface area contributed by atoms with Gasteiger partial charge in [-0.15, -0.1) is 0 Å². The van der Waals surface area contributed by atoms with Crippen LogP contribution in [0.1, 0.15) is 31.7 Å². The van der Waals surface area contributed by atoms with E-state index < -0.39 is 22.8 Å². The van der Waals surface area contributed by atoms with Crippen LogP contribution in [-0.4, -0.2) is 22.0 Å². The minimum atomic E-state index is -0.985. The molecule has 0 amide bonds. The second-order valence-electron chi connectivity index (χ2n) is 4.45. The fraction of sp³-hybridized carbons (Fsp3) is 0.462. The molecule has 1 aromatic rings. The first-order valence-corrected chi connectivity index (χ1v) is 6.34. The second-order valence-corrected chi connectivity index (χ2v) is 4.45. The van der Waals surface area contributed by atoms with Gasteiger partial charge in [0.25, 0.3) is 5.69 Å². The highest BCUT2D eigenvalue weighted by atomic mass is 19.1. The molecule has 0 aliphatic carbocycles. The molecule has 1 atom stereocenters. The number of carboxylic acids is 1. The molecule has 0 saturated carbocycles. The molecule has 1 rings (SSSR count). The van der Waals surface area contributed by atoms with Crippen LogP contribution in [0.15, 0.2) is 18.2 Å². The summed E-state index contributed by atoms with van der Waals surface area (Å²) in [5.41, 5.74) is -0.120. The van der Waals surface area contributed by atoms with Crippen molar-refractivity contribution in [2.75, 3.05) is 0 Å². The molecule has 1 aromatic carbocycles. The minimum absolute atomic E-state index is 0.0184. The summed E-state index contributed by atoms with van der Waals surface area (Å²) in [5, 5.41) is 22.3. The molecule has 0 fully saturated rings. The van der Waals surface area contributed by atoms with Gasteiger partial charge in [-0.3, -0.25) is 14.9 Å². The lowest BCUT2D eigenvalue weighted by Gasteiger charge is -2.14. The van der Waals surface area contributed by atoms with Gasteiger partial charge in [-0.2, -0.15) is 0 Å². The predicted octanol–water partition coefficient (Wildman–Crippen LogP) is 2.47. The van der Waals surface area contributed by atoms with E-state index in [9.17, 15) is 19.3 Å². The Kier molecular flexibility index (Phi) is 6.05. The van der Waals surface area contributed by atoms with Gasteiger partial charge in [-0.1, -0.05) is 19.8 Å². The van der Waals surface area contributed by atoms with E-state index in [2.05, 4.69) is 5.32 Å². The molecule has 0 saturated heterocycles. The smallest absolute Gasteiger partial charge is 0.320 e. The number of benzene rings is 1. The van der Waals surface area contributed by atoms with Crippen molar-refractivity contribution in [3.63, 3.8) is 0 Å². The Hall–Kier alpha value is -2.02. The van der Waals surface area contributed by atoms with Crippen LogP contribution < -0.4 is 5.32 Å². The van der Waals surface area contributed by atoms with Crippen molar-refractivity contribution in [2.24, 2.45) is 0 Å². The zero-order valence-electron chi connectivity index (χ0n) is 11.1. The number of halogens is 1. The Bertz CT molecular complexity index is 493. The van der Waals surface area contributed by atoms with E-state index in [0.29, 0.717) is 6.42 Å². The van der Waals surface area contributed by atoms with E-state index in [1.165, 1.54) is 12.1 Å². The van der Waals surface area contributed by atoms with Gasteiger partial charge in [-0.25, -0.2) is 4.39 Å². The average Bonchev–Trinajstić information content (AvgIpc) is 2.39. The molecule has 7 heteroatoms. The van der Waals surface area contributed by atoms with Gasteiger partial charge in [0.05, 0.1) is 11.0 Å². The van der Waals surface area contributed by atoms with E-state index in [1.807, 2.05) is 6.92 Å². The van der Waals surface area contributed by atoms with Gasteiger partial charge >= 0.3 is 5.97 Å². The molecule has 6 nitrogen and oxygen atoms in total. The Morgan fingerprint density at radius 2 is 2.25 bits per heavy atom. The normalized spacial score (nSPS) is 12.1. The van der Waals surface area contributed by atoms with Gasteiger partial charge in [0.15, 0.2) is 0 Å². The summed E-state index contributed by atoms with van der Waals surface area (Å²) < 4.78 is 13.6. The minimum Gasteiger partial charge on any atom is -0.480 e. The molecule has 0 bridgehead atoms. The molecule has 2 N–H and O–H groups in total. The molecule has 0 spiro atoms. The molecule has 0 radical (unpaired) electrons. The number of non-ortho nitro benzene ring substituents is 1. The molecule has 1 unspecified atom stereocenters. The fourth-order valence-corrected chi connectivity index (χ4v) is 1.75. The third kappa shape index (κ3) is 4.58. The average molecular weight is 284 g/mol. The number of nitrogens with one attached hydrogen (secondary N) is 1. The highest BCUT2D eigenvalue weighted by Crippen LogP contribution is 2.16. The van der Waals surface area contributed by atoms with Crippen molar-refractivity contribution in [3.8, 4) is 0 Å². The van der Waals surface area contributed by atoms with Crippen molar-refractivity contribution in [2.45, 2.75) is 38.8 Å². The number of unbranched alkanes of at least 4 members (excludes halogenated alkanes) is 1. The van der Waals surface area contributed by atoms with Gasteiger partial charge < -0.3 is 10.4 Å². The van der Waals surface area contributed by atoms with E-state index in [0.717, 1.165) is 18.9 Å². The Morgan fingerprint density at radius 3 is 2.75 bits per heavy atom. The van der Waals surface area contributed by atoms with Gasteiger partial charge in [-0.05, 0) is 12.5 Å². The third-order valence-electron chi connectivity index (χ3n) is 2.93. The maximum atomic E-state index is 13.6. The van der Waals surface area contributed by atoms with Gasteiger partial charge in [0, 0.05) is 18.2 Å². The van der Waals surface area contributed by atoms with Crippen LogP contribution in [0, 0.1) is 15.9 Å². The van der Waals surface area contributed by atoms with Crippen LogP contribution >= 0.6 is 0 Å². The van der Waals surface area contributed by atoms with Crippen molar-refractivity contribution >= 4 is 11.7 Å². The van der Waals surface area contributed by atoms with Crippen molar-refractivity contribution in [1.29, 1.82) is 0 Å². The number of nitrogens with zero attached hydrogens (tertiary/aromatic N) is 1. The number of nitro benzene ring substituents is 1. The van der Waals surface area contributed by atoms with Crippen molar-refractivity contribution < 1.29 is 19.2 Å². The van der Waals surface area contributed by atoms with Gasteiger partial charge in [0.1, 0.15) is 11.9 Å². The van der Waals surface area contributed by atoms with Crippen LogP contribution in [0.2, 0.25) is 0 Å². The lowest BCUT2D eigenvalue weighted by atomic mass is 10.1. The summed E-state index contributed by atoms with van der Waals surface area (Å²) in [4.78, 5) is 20.8. The first kappa shape index (κ1) is 16.0. The number of nitro groups is 1. The molecule has 110 valence electrons. The molecule has 0 aliphatic heterocycles. The highest BCUT2D eigenvalue weighted by Gasteiger charge is 2.17. The van der Waals surface area contributed by atoms with E-state index in [4.69, 9.17) is 5.11 Å². The van der Waals surface area contributed by atoms with Crippen LogP contribution in [0.25, 0.3) is 0 Å². The molecular weight excluding hydrogens is 267 g/mol. The van der Waals surface area contributed by atoms with Crippen LogP contribution in [0.3, 0.4) is 0 Å². The fourth-order valence-electron chi connectivity index (χ4n) is 1.75. The standard InChI is InChI=1S/C13H17FN2O4/c1-2-3-4-12(13(17)18)15-8-9-5-6-10(16(19)20)7-11(9)14/h5-7,12,15H,2-4,8H2,1H3,(H,17,18). The zero-order valence-corrected chi connectivity index (χ0v) is 11.1. The highest BCUT2D eigenvalue weighted by molar-refractivity contribution is 5.73. The maximum absolute atomic E-state index is 13.6. The topological polar surface area (TPSA) is 92.5 Å². The van der Waals surface area contributed by atoms with Crippen LogP contribution in [0.4, 0.5) is 10.1 Å². The summed E-state index contributed by atoms with van der Waals surface area (Å²) in [6, 6.07) is 2.57. The molecule has 0 heterocycles. The number of hydrogen-bond donors (Lipinski definition) is 2. The van der Waals surface area contributed by atoms with Gasteiger partial charge in [0.2, 0.25) is 0 Å². The summed E-state index contributed by atoms with van der Waals surface area (Å²) in [6.07, 6.45) is 2.09. The third-order valence-corrected chi connectivity index (χ3v) is 2.93. The number of carbonyl (C=O) groups is 1. The largest absolute Gasteiger partial charge is 0.480 e. The summed E-state index contributed by atoms with van der Waals surface area (Å²) in [7, 11) is 0. The summed E-state index contributed by atoms with van der Waals surface area (Å²) in [5.74, 6) is -1.70. The van der Waals surface area contributed by atoms with Crippen LogP contribution in [0.5, 0.6) is 0 Å². The van der Waals surface area contributed by atoms with Crippen LogP contribution in [-0.2, 0) is 11.3 Å². The lowest BCUT2D eigenvalue weighted by molar-refractivity contribution is -0.385. The summed E-state index contributed by atoms with van der Waals surface area (Å²) >= 11 is 0. The SMILES string of the molecule is CCCCC(NCc1ccc([N+](=O)[O-])cc1F)C(=O)O. The second kappa shape index (κ2) is 7.54. The summed E-state index contributed by atoms with van der Waals surface area (Å²) in [6.45, 7) is 1.97. The molecule has 0 aliphatic rings. The number of aliphatic carboxylic acids is 1. The molecule has 0 aromatic heterocycles. The Labute approximate surface area is 115 Å². The zero-order chi connectivity index (χ0) is 15.1. The lowest BCUT2D eigenvalue weighted by Crippen LogP contribution is -2.36. The van der Waals surface area contributed by atoms with E-state index in [1.54, 1.807) is 0 Å². The first-order chi connectivity index (χ1) is 9.45. The maximum Gasteiger partial charge on any atom is 0.320 e. The Balaban J connectivity index is 2.68. The monoisotopic (exact) mass is 284 g/mol.